The van der Waals surface area contributed by atoms with Crippen LogP contribution in [0.15, 0.2) is 134 Å². The Bertz CT molecular complexity index is 1650. The van der Waals surface area contributed by atoms with E-state index < -0.39 is 64.4 Å². The van der Waals surface area contributed by atoms with Crippen LogP contribution in [0.2, 0.25) is 0 Å². The fraction of sp³-hybridized carbons (Fsp3) is 0.554. The molecule has 0 aromatic rings. The lowest BCUT2D eigenvalue weighted by molar-refractivity contribution is -0.160. The predicted molar refractivity (Wildman–Crippen MR) is 279 cm³/mol. The lowest BCUT2D eigenvalue weighted by atomic mass is 10.1. The summed E-state index contributed by atoms with van der Waals surface area (Å²) in [7, 11) is -4.79. The van der Waals surface area contributed by atoms with Gasteiger partial charge in [-0.25, -0.2) is 4.57 Å². The molecule has 0 fully saturated rings. The Morgan fingerprint density at radius 2 is 0.779 bits per heavy atom. The highest BCUT2D eigenvalue weighted by molar-refractivity contribution is 7.47. The molecule has 0 aliphatic rings. The van der Waals surface area contributed by atoms with Crippen molar-refractivity contribution in [3.63, 3.8) is 0 Å². The summed E-state index contributed by atoms with van der Waals surface area (Å²) in [5.41, 5.74) is 0. The molecule has 382 valence electrons. The minimum Gasteiger partial charge on any atom is -0.462 e. The Hall–Kier alpha value is -4.38. The maximum atomic E-state index is 12.8. The first kappa shape index (κ1) is 63.6. The van der Waals surface area contributed by atoms with Gasteiger partial charge in [0.25, 0.3) is 0 Å². The van der Waals surface area contributed by atoms with E-state index in [0.29, 0.717) is 19.3 Å². The molecule has 0 aliphatic heterocycles. The molecule has 0 radical (unpaired) electrons. The fourth-order valence-corrected chi connectivity index (χ4v) is 6.65. The summed E-state index contributed by atoms with van der Waals surface area (Å²) in [6, 6.07) is 0. The Kier molecular flexibility index (Phi) is 45.9. The Morgan fingerprint density at radius 1 is 0.426 bits per heavy atom. The molecule has 0 bridgehead atoms. The van der Waals surface area contributed by atoms with Crippen molar-refractivity contribution in [2.75, 3.05) is 26.4 Å². The zero-order chi connectivity index (χ0) is 49.9. The van der Waals surface area contributed by atoms with Gasteiger partial charge >= 0.3 is 25.7 Å². The van der Waals surface area contributed by atoms with Crippen molar-refractivity contribution in [1.82, 2.24) is 0 Å². The summed E-state index contributed by atoms with van der Waals surface area (Å²) < 4.78 is 39.1. The number of esters is 3. The number of allylic oxidation sites excluding steroid dienone is 21. The van der Waals surface area contributed by atoms with E-state index in [-0.39, 0.29) is 19.3 Å². The van der Waals surface area contributed by atoms with Crippen LogP contribution in [0.5, 0.6) is 0 Å². The van der Waals surface area contributed by atoms with Crippen LogP contribution < -0.4 is 0 Å². The van der Waals surface area contributed by atoms with Crippen molar-refractivity contribution in [1.29, 1.82) is 0 Å². The molecule has 3 atom stereocenters. The third-order valence-corrected chi connectivity index (χ3v) is 10.5. The van der Waals surface area contributed by atoms with Gasteiger partial charge in [-0.1, -0.05) is 167 Å². The highest BCUT2D eigenvalue weighted by Crippen LogP contribution is 2.43. The Labute approximate surface area is 410 Å². The number of phosphoric acid groups is 1. The maximum Gasteiger partial charge on any atom is 0.472 e. The van der Waals surface area contributed by atoms with Crippen molar-refractivity contribution in [3.8, 4) is 0 Å². The topological polar surface area (TPSA) is 155 Å². The summed E-state index contributed by atoms with van der Waals surface area (Å²) in [5, 5.41) is 9.76. The fourth-order valence-electron chi connectivity index (χ4n) is 5.87. The van der Waals surface area contributed by atoms with E-state index in [1.54, 1.807) is 6.08 Å². The molecular weight excluding hydrogens is 880 g/mol. The van der Waals surface area contributed by atoms with Gasteiger partial charge in [0, 0.05) is 12.8 Å². The molecule has 2 N–H and O–H groups in total. The Balaban J connectivity index is 4.96. The number of hydrogen-bond donors (Lipinski definition) is 2. The summed E-state index contributed by atoms with van der Waals surface area (Å²) in [6.07, 6.45) is 60.4. The van der Waals surface area contributed by atoms with Crippen LogP contribution in [0.1, 0.15) is 162 Å². The van der Waals surface area contributed by atoms with E-state index in [9.17, 15) is 28.9 Å². The lowest BCUT2D eigenvalue weighted by Crippen LogP contribution is -2.30. The number of phosphoric ester groups is 1. The van der Waals surface area contributed by atoms with Crippen LogP contribution in [-0.2, 0) is 42.2 Å². The molecule has 3 unspecified atom stereocenters. The van der Waals surface area contributed by atoms with Gasteiger partial charge in [-0.2, -0.15) is 0 Å². The number of hydrogen-bond acceptors (Lipinski definition) is 10. The number of unbranched alkanes of at least 4 members (excludes halogenated alkanes) is 6. The van der Waals surface area contributed by atoms with Gasteiger partial charge < -0.3 is 24.2 Å². The highest BCUT2D eigenvalue weighted by Gasteiger charge is 2.28. The molecule has 0 heterocycles. The van der Waals surface area contributed by atoms with E-state index >= 15 is 0 Å². The predicted octanol–water partition coefficient (Wildman–Crippen LogP) is 14.2. The zero-order valence-electron chi connectivity index (χ0n) is 41.8. The molecular formula is C56H87O11P. The SMILES string of the molecule is CC/C=C\C/C=C\C/C=C\C/C=C\C/C=C\CC(=O)OC(COC(=O)CCCCC/C=C\C/C=C\C/C=C\CC)COP(=O)(O)OCC(CO)OC(=O)CCCCC/C=C\C/C=C\C/C=C\CC. The molecule has 0 saturated carbocycles. The summed E-state index contributed by atoms with van der Waals surface area (Å²) in [4.78, 5) is 48.2. The molecule has 0 aromatic carbocycles. The monoisotopic (exact) mass is 967 g/mol. The van der Waals surface area contributed by atoms with E-state index in [1.165, 1.54) is 0 Å². The zero-order valence-corrected chi connectivity index (χ0v) is 42.7. The number of rotatable bonds is 44. The molecule has 0 aromatic heterocycles. The summed E-state index contributed by atoms with van der Waals surface area (Å²) >= 11 is 0. The summed E-state index contributed by atoms with van der Waals surface area (Å²) in [6.45, 7) is 4.06. The van der Waals surface area contributed by atoms with Gasteiger partial charge in [-0.15, -0.1) is 0 Å². The number of carbonyl (C=O) groups excluding carboxylic acids is 3. The minimum absolute atomic E-state index is 0.0810. The standard InChI is InChI=1S/C56H87O11P/c1-4-7-10-13-16-19-22-25-26-29-32-35-38-41-44-47-56(60)67-53(49-63-54(58)45-42-39-36-33-30-27-23-20-17-14-11-8-5-2)51-65-68(61,62)64-50-52(48-57)66-55(59)46-43-40-37-34-31-28-24-21-18-15-12-9-6-3/h7-12,16-21,25-28,30-32,35,41,44,52-53,57H,4-6,13-15,22-24,29,33-34,36-40,42-43,45-51H2,1-3H3,(H,61,62)/b10-7-,11-8-,12-9-,19-16-,20-17-,21-18-,26-25-,30-27-,31-28-,35-32-,44-41-. The second kappa shape index (κ2) is 49.1. The molecule has 0 aliphatic carbocycles. The Morgan fingerprint density at radius 3 is 1.19 bits per heavy atom. The molecule has 0 amide bonds. The van der Waals surface area contributed by atoms with E-state index in [2.05, 4.69) is 130 Å². The normalized spacial score (nSPS) is 14.6. The maximum absolute atomic E-state index is 12.8. The molecule has 12 heteroatoms. The van der Waals surface area contributed by atoms with Gasteiger partial charge in [-0.3, -0.25) is 23.4 Å². The number of ether oxygens (including phenoxy) is 3. The smallest absolute Gasteiger partial charge is 0.462 e. The molecule has 0 rings (SSSR count). The average Bonchev–Trinajstić information content (AvgIpc) is 3.32. The quantitative estimate of drug-likeness (QED) is 0.0197. The largest absolute Gasteiger partial charge is 0.472 e. The number of carbonyl (C=O) groups is 3. The van der Waals surface area contributed by atoms with Crippen LogP contribution >= 0.6 is 7.82 Å². The van der Waals surface area contributed by atoms with Crippen molar-refractivity contribution in [2.45, 2.75) is 174 Å². The van der Waals surface area contributed by atoms with Crippen LogP contribution in [0.4, 0.5) is 0 Å². The van der Waals surface area contributed by atoms with Gasteiger partial charge in [0.05, 0.1) is 26.2 Å². The number of aliphatic hydroxyl groups excluding tert-OH is 1. The first-order valence-electron chi connectivity index (χ1n) is 25.1. The third kappa shape index (κ3) is 46.7. The second-order valence-corrected chi connectivity index (χ2v) is 17.3. The molecule has 0 saturated heterocycles. The molecule has 0 spiro atoms. The first-order valence-corrected chi connectivity index (χ1v) is 26.6. The van der Waals surface area contributed by atoms with Crippen LogP contribution in [0, 0.1) is 0 Å². The van der Waals surface area contributed by atoms with Crippen molar-refractivity contribution in [2.24, 2.45) is 0 Å². The van der Waals surface area contributed by atoms with Gasteiger partial charge in [0.1, 0.15) is 12.7 Å². The second-order valence-electron chi connectivity index (χ2n) is 15.8. The average molecular weight is 967 g/mol. The molecule has 11 nitrogen and oxygen atoms in total. The van der Waals surface area contributed by atoms with Gasteiger partial charge in [0.15, 0.2) is 6.10 Å². The van der Waals surface area contributed by atoms with E-state index in [0.717, 1.165) is 103 Å². The van der Waals surface area contributed by atoms with Crippen LogP contribution in [0.3, 0.4) is 0 Å². The third-order valence-electron chi connectivity index (χ3n) is 9.58. The van der Waals surface area contributed by atoms with Crippen molar-refractivity contribution < 1.29 is 52.2 Å². The minimum atomic E-state index is -4.79. The van der Waals surface area contributed by atoms with E-state index in [4.69, 9.17) is 23.3 Å². The number of aliphatic hydroxyl groups is 1. The van der Waals surface area contributed by atoms with Crippen LogP contribution in [-0.4, -0.2) is 66.5 Å². The molecule has 68 heavy (non-hydrogen) atoms. The van der Waals surface area contributed by atoms with Crippen molar-refractivity contribution >= 4 is 25.7 Å². The summed E-state index contributed by atoms with van der Waals surface area (Å²) in [5.74, 6) is -1.71. The van der Waals surface area contributed by atoms with Crippen molar-refractivity contribution in [3.05, 3.63) is 134 Å². The lowest BCUT2D eigenvalue weighted by Gasteiger charge is -2.21. The van der Waals surface area contributed by atoms with Crippen LogP contribution in [0.25, 0.3) is 0 Å². The van der Waals surface area contributed by atoms with Gasteiger partial charge in [0.2, 0.25) is 0 Å². The highest BCUT2D eigenvalue weighted by atomic mass is 31.2. The van der Waals surface area contributed by atoms with E-state index in [1.807, 2.05) is 18.2 Å². The van der Waals surface area contributed by atoms with Gasteiger partial charge in [-0.05, 0) is 109 Å². The first-order chi connectivity index (χ1) is 33.2.